The zero-order chi connectivity index (χ0) is 16.7. The van der Waals surface area contributed by atoms with Gasteiger partial charge in [0.15, 0.2) is 0 Å². The topological polar surface area (TPSA) is 58.6 Å². The fraction of sp³-hybridized carbons (Fsp3) is 0.647. The molecule has 0 radical (unpaired) electrons. The molecule has 1 heterocycles. The Bertz CT molecular complexity index is 579. The Morgan fingerprint density at radius 1 is 1.13 bits per heavy atom. The molecule has 1 N–H and O–H groups in total. The minimum atomic E-state index is -3.38. The summed E-state index contributed by atoms with van der Waals surface area (Å²) in [6.45, 7) is 6.08. The van der Waals surface area contributed by atoms with Gasteiger partial charge < -0.3 is 4.74 Å². The standard InChI is InChI=1S/C17H28N2O3S/c1-15(2)16-9-5-6-10-17(16)22-14-11-18-23(20,21)19-12-7-3-4-8-13-19/h5-6,9-10,15,18H,3-4,7-8,11-14H2,1-2H3. The average molecular weight is 340 g/mol. The van der Waals surface area contributed by atoms with Gasteiger partial charge in [0.1, 0.15) is 12.4 Å². The van der Waals surface area contributed by atoms with Crippen molar-refractivity contribution in [1.29, 1.82) is 0 Å². The second-order valence-corrected chi connectivity index (χ2v) is 8.01. The van der Waals surface area contributed by atoms with E-state index < -0.39 is 10.2 Å². The lowest BCUT2D eigenvalue weighted by Crippen LogP contribution is -2.42. The first-order valence-electron chi connectivity index (χ1n) is 8.47. The molecule has 0 aliphatic carbocycles. The van der Waals surface area contributed by atoms with Crippen LogP contribution in [0.3, 0.4) is 0 Å². The molecule has 0 amide bonds. The van der Waals surface area contributed by atoms with Crippen LogP contribution in [0, 0.1) is 0 Å². The molecule has 130 valence electrons. The van der Waals surface area contributed by atoms with E-state index in [1.807, 2.05) is 24.3 Å². The third kappa shape index (κ3) is 5.48. The molecule has 1 saturated heterocycles. The van der Waals surface area contributed by atoms with Crippen LogP contribution in [0.25, 0.3) is 0 Å². The molecule has 0 spiro atoms. The van der Waals surface area contributed by atoms with E-state index in [4.69, 9.17) is 4.74 Å². The van der Waals surface area contributed by atoms with Crippen molar-refractivity contribution in [3.05, 3.63) is 29.8 Å². The minimum absolute atomic E-state index is 0.283. The highest BCUT2D eigenvalue weighted by molar-refractivity contribution is 7.87. The van der Waals surface area contributed by atoms with Crippen LogP contribution in [0.2, 0.25) is 0 Å². The second-order valence-electron chi connectivity index (χ2n) is 6.25. The Morgan fingerprint density at radius 3 is 2.43 bits per heavy atom. The Kier molecular flexibility index (Phi) is 6.87. The Labute approximate surface area is 140 Å². The van der Waals surface area contributed by atoms with E-state index in [9.17, 15) is 8.42 Å². The van der Waals surface area contributed by atoms with Gasteiger partial charge in [-0.3, -0.25) is 0 Å². The lowest BCUT2D eigenvalue weighted by Gasteiger charge is -2.20. The van der Waals surface area contributed by atoms with Crippen LogP contribution < -0.4 is 9.46 Å². The number of rotatable bonds is 7. The van der Waals surface area contributed by atoms with E-state index in [2.05, 4.69) is 18.6 Å². The van der Waals surface area contributed by atoms with Crippen LogP contribution in [0.1, 0.15) is 51.0 Å². The van der Waals surface area contributed by atoms with Gasteiger partial charge >= 0.3 is 0 Å². The van der Waals surface area contributed by atoms with E-state index >= 15 is 0 Å². The molecule has 1 aromatic rings. The predicted octanol–water partition coefficient (Wildman–Crippen LogP) is 2.90. The lowest BCUT2D eigenvalue weighted by molar-refractivity contribution is 0.315. The van der Waals surface area contributed by atoms with Gasteiger partial charge in [-0.25, -0.2) is 0 Å². The van der Waals surface area contributed by atoms with Crippen molar-refractivity contribution in [2.75, 3.05) is 26.2 Å². The minimum Gasteiger partial charge on any atom is -0.492 e. The molecule has 0 atom stereocenters. The zero-order valence-electron chi connectivity index (χ0n) is 14.1. The summed E-state index contributed by atoms with van der Waals surface area (Å²) in [5, 5.41) is 0. The third-order valence-corrected chi connectivity index (χ3v) is 5.70. The summed E-state index contributed by atoms with van der Waals surface area (Å²) in [6, 6.07) is 7.90. The molecule has 0 bridgehead atoms. The molecule has 2 rings (SSSR count). The van der Waals surface area contributed by atoms with E-state index in [1.165, 1.54) is 0 Å². The van der Waals surface area contributed by atoms with Gasteiger partial charge in [-0.2, -0.15) is 17.4 Å². The molecule has 5 nitrogen and oxygen atoms in total. The van der Waals surface area contributed by atoms with Gasteiger partial charge in [0.25, 0.3) is 10.2 Å². The first-order chi connectivity index (χ1) is 11.0. The number of benzene rings is 1. The fourth-order valence-corrected chi connectivity index (χ4v) is 4.06. The molecule has 1 aliphatic rings. The Morgan fingerprint density at radius 2 is 1.78 bits per heavy atom. The number of hydrogen-bond donors (Lipinski definition) is 1. The zero-order valence-corrected chi connectivity index (χ0v) is 14.9. The van der Waals surface area contributed by atoms with Crippen LogP contribution in [-0.4, -0.2) is 39.0 Å². The van der Waals surface area contributed by atoms with Crippen LogP contribution in [0.4, 0.5) is 0 Å². The van der Waals surface area contributed by atoms with Gasteiger partial charge in [0.05, 0.1) is 0 Å². The lowest BCUT2D eigenvalue weighted by atomic mass is 10.0. The van der Waals surface area contributed by atoms with E-state index in [1.54, 1.807) is 4.31 Å². The maximum atomic E-state index is 12.3. The SMILES string of the molecule is CC(C)c1ccccc1OCCNS(=O)(=O)N1CCCCCC1. The van der Waals surface area contributed by atoms with Gasteiger partial charge in [0, 0.05) is 19.6 Å². The summed E-state index contributed by atoms with van der Waals surface area (Å²) >= 11 is 0. The number of nitrogens with one attached hydrogen (secondary N) is 1. The van der Waals surface area contributed by atoms with Crippen molar-refractivity contribution in [3.63, 3.8) is 0 Å². The number of ether oxygens (including phenoxy) is 1. The van der Waals surface area contributed by atoms with Gasteiger partial charge in [-0.05, 0) is 30.4 Å². The predicted molar refractivity (Wildman–Crippen MR) is 93.0 cm³/mol. The summed E-state index contributed by atoms with van der Waals surface area (Å²) in [6.07, 6.45) is 4.11. The number of nitrogens with zero attached hydrogens (tertiary/aromatic N) is 1. The third-order valence-electron chi connectivity index (χ3n) is 4.09. The van der Waals surface area contributed by atoms with Crippen molar-refractivity contribution in [2.45, 2.75) is 45.4 Å². The largest absolute Gasteiger partial charge is 0.492 e. The molecular weight excluding hydrogens is 312 g/mol. The van der Waals surface area contributed by atoms with Crippen LogP contribution in [0.5, 0.6) is 5.75 Å². The highest BCUT2D eigenvalue weighted by Gasteiger charge is 2.22. The maximum Gasteiger partial charge on any atom is 0.279 e. The van der Waals surface area contributed by atoms with Crippen molar-refractivity contribution in [3.8, 4) is 5.75 Å². The Hall–Kier alpha value is -1.11. The van der Waals surface area contributed by atoms with E-state index in [0.717, 1.165) is 37.0 Å². The summed E-state index contributed by atoms with van der Waals surface area (Å²) in [5.41, 5.74) is 1.14. The molecule has 6 heteroatoms. The van der Waals surface area contributed by atoms with Crippen molar-refractivity contribution in [2.24, 2.45) is 0 Å². The van der Waals surface area contributed by atoms with Crippen LogP contribution in [-0.2, 0) is 10.2 Å². The van der Waals surface area contributed by atoms with Crippen molar-refractivity contribution < 1.29 is 13.2 Å². The van der Waals surface area contributed by atoms with Gasteiger partial charge in [0.2, 0.25) is 0 Å². The highest BCUT2D eigenvalue weighted by atomic mass is 32.2. The molecule has 0 saturated carbocycles. The summed E-state index contributed by atoms with van der Waals surface area (Å²) in [5.74, 6) is 1.21. The monoisotopic (exact) mass is 340 g/mol. The van der Waals surface area contributed by atoms with Crippen molar-refractivity contribution in [1.82, 2.24) is 9.03 Å². The first-order valence-corrected chi connectivity index (χ1v) is 9.91. The molecule has 23 heavy (non-hydrogen) atoms. The maximum absolute atomic E-state index is 12.3. The average Bonchev–Trinajstić information content (AvgIpc) is 2.81. The first kappa shape index (κ1) is 18.2. The van der Waals surface area contributed by atoms with Gasteiger partial charge in [-0.15, -0.1) is 0 Å². The van der Waals surface area contributed by atoms with Crippen LogP contribution >= 0.6 is 0 Å². The summed E-state index contributed by atoms with van der Waals surface area (Å²) < 4.78 is 34.5. The summed E-state index contributed by atoms with van der Waals surface area (Å²) in [7, 11) is -3.38. The molecule has 1 fully saturated rings. The highest BCUT2D eigenvalue weighted by Crippen LogP contribution is 2.25. The molecule has 0 unspecified atom stereocenters. The quantitative estimate of drug-likeness (QED) is 0.777. The molecular formula is C17H28N2O3S. The van der Waals surface area contributed by atoms with Gasteiger partial charge in [-0.1, -0.05) is 44.9 Å². The molecule has 1 aliphatic heterocycles. The number of para-hydroxylation sites is 1. The fourth-order valence-electron chi connectivity index (χ4n) is 2.79. The molecule has 0 aromatic heterocycles. The van der Waals surface area contributed by atoms with E-state index in [0.29, 0.717) is 25.6 Å². The smallest absolute Gasteiger partial charge is 0.279 e. The number of hydrogen-bond acceptors (Lipinski definition) is 3. The van der Waals surface area contributed by atoms with Crippen molar-refractivity contribution >= 4 is 10.2 Å². The Balaban J connectivity index is 1.83. The normalized spacial score (nSPS) is 17.2. The van der Waals surface area contributed by atoms with E-state index in [-0.39, 0.29) is 6.54 Å². The second kappa shape index (κ2) is 8.66. The molecule has 1 aromatic carbocycles. The summed E-state index contributed by atoms with van der Waals surface area (Å²) in [4.78, 5) is 0. The van der Waals surface area contributed by atoms with Crippen LogP contribution in [0.15, 0.2) is 24.3 Å².